The van der Waals surface area contributed by atoms with E-state index >= 15 is 0 Å². The Hall–Kier alpha value is -1.94. The summed E-state index contributed by atoms with van der Waals surface area (Å²) >= 11 is 1.11. The van der Waals surface area contributed by atoms with Gasteiger partial charge in [-0.2, -0.15) is 0 Å². The maximum atomic E-state index is 11.6. The lowest BCUT2D eigenvalue weighted by atomic mass is 10.2. The Morgan fingerprint density at radius 3 is 2.71 bits per heavy atom. The third kappa shape index (κ3) is 3.85. The van der Waals surface area contributed by atoms with Crippen LogP contribution in [0.15, 0.2) is 49.1 Å². The highest BCUT2D eigenvalue weighted by atomic mass is 32.1. The van der Waals surface area contributed by atoms with Crippen LogP contribution in [0.5, 0.6) is 0 Å². The lowest BCUT2D eigenvalue weighted by molar-refractivity contribution is 0.0548. The third-order valence-corrected chi connectivity index (χ3v) is 2.90. The van der Waals surface area contributed by atoms with Gasteiger partial charge in [0.15, 0.2) is 6.29 Å². The van der Waals surface area contributed by atoms with Crippen molar-refractivity contribution in [3.63, 3.8) is 0 Å². The first kappa shape index (κ1) is 13.1. The van der Waals surface area contributed by atoms with Gasteiger partial charge < -0.3 is 4.74 Å². The molecule has 88 valence electrons. The molecule has 0 amide bonds. The van der Waals surface area contributed by atoms with Crippen LogP contribution in [0, 0.1) is 0 Å². The van der Waals surface area contributed by atoms with E-state index in [0.717, 1.165) is 16.9 Å². The van der Waals surface area contributed by atoms with Crippen LogP contribution < -0.4 is 0 Å². The molecule has 0 fully saturated rings. The van der Waals surface area contributed by atoms with Crippen molar-refractivity contribution < 1.29 is 14.3 Å². The summed E-state index contributed by atoms with van der Waals surface area (Å²) in [5.74, 6) is -0.445. The number of hydrogen-bond donors (Lipinski definition) is 0. The standard InChI is InChI=1S/C13H12O3S/c1-3-5-10(4-2)9-16-13(15)12-7-6-11(8-14)17-12/h3-8H,1-2,9H2/b10-5+. The van der Waals surface area contributed by atoms with Crippen molar-refractivity contribution in [2.75, 3.05) is 6.61 Å². The number of hydrogen-bond acceptors (Lipinski definition) is 4. The molecule has 0 N–H and O–H groups in total. The average molecular weight is 248 g/mol. The number of ether oxygens (including phenoxy) is 1. The van der Waals surface area contributed by atoms with Crippen molar-refractivity contribution >= 4 is 23.6 Å². The van der Waals surface area contributed by atoms with E-state index in [2.05, 4.69) is 13.2 Å². The van der Waals surface area contributed by atoms with Gasteiger partial charge in [0, 0.05) is 0 Å². The summed E-state index contributed by atoms with van der Waals surface area (Å²) in [5.41, 5.74) is 0.764. The number of carbonyl (C=O) groups is 2. The largest absolute Gasteiger partial charge is 0.457 e. The Morgan fingerprint density at radius 1 is 1.41 bits per heavy atom. The zero-order valence-corrected chi connectivity index (χ0v) is 10.0. The van der Waals surface area contributed by atoms with Crippen molar-refractivity contribution in [3.05, 3.63) is 58.8 Å². The van der Waals surface area contributed by atoms with Gasteiger partial charge in [-0.1, -0.05) is 31.4 Å². The zero-order chi connectivity index (χ0) is 12.7. The van der Waals surface area contributed by atoms with E-state index in [1.807, 2.05) is 0 Å². The molecule has 1 heterocycles. The van der Waals surface area contributed by atoms with Crippen LogP contribution in [0.1, 0.15) is 19.3 Å². The van der Waals surface area contributed by atoms with Crippen molar-refractivity contribution in [2.45, 2.75) is 0 Å². The molecule has 17 heavy (non-hydrogen) atoms. The molecule has 0 spiro atoms. The molecule has 0 aliphatic rings. The fourth-order valence-electron chi connectivity index (χ4n) is 1.07. The minimum absolute atomic E-state index is 0.142. The molecule has 1 rings (SSSR count). The summed E-state index contributed by atoms with van der Waals surface area (Å²) < 4.78 is 5.06. The topological polar surface area (TPSA) is 43.4 Å². The van der Waals surface area contributed by atoms with Crippen molar-refractivity contribution in [3.8, 4) is 0 Å². The van der Waals surface area contributed by atoms with Gasteiger partial charge in [0.1, 0.15) is 11.5 Å². The molecule has 0 atom stereocenters. The second kappa shape index (κ2) is 6.60. The molecular weight excluding hydrogens is 236 g/mol. The van der Waals surface area contributed by atoms with E-state index < -0.39 is 5.97 Å². The van der Waals surface area contributed by atoms with Gasteiger partial charge >= 0.3 is 5.97 Å². The van der Waals surface area contributed by atoms with E-state index in [0.29, 0.717) is 16.0 Å². The number of esters is 1. The van der Waals surface area contributed by atoms with Crippen molar-refractivity contribution in [1.29, 1.82) is 0 Å². The van der Waals surface area contributed by atoms with Gasteiger partial charge in [0.25, 0.3) is 0 Å². The first-order chi connectivity index (χ1) is 8.21. The molecule has 0 aliphatic carbocycles. The maximum absolute atomic E-state index is 11.6. The van der Waals surface area contributed by atoms with Gasteiger partial charge in [0.2, 0.25) is 0 Å². The zero-order valence-electron chi connectivity index (χ0n) is 9.22. The Morgan fingerprint density at radius 2 is 2.18 bits per heavy atom. The van der Waals surface area contributed by atoms with Crippen LogP contribution in [-0.2, 0) is 4.74 Å². The Labute approximate surface area is 104 Å². The number of carbonyl (C=O) groups excluding carboxylic acids is 2. The number of rotatable bonds is 6. The highest BCUT2D eigenvalue weighted by molar-refractivity contribution is 7.15. The van der Waals surface area contributed by atoms with Gasteiger partial charge in [0.05, 0.1) is 4.88 Å². The summed E-state index contributed by atoms with van der Waals surface area (Å²) in [4.78, 5) is 23.0. The van der Waals surface area contributed by atoms with Crippen LogP contribution in [-0.4, -0.2) is 18.9 Å². The normalized spacial score (nSPS) is 10.7. The van der Waals surface area contributed by atoms with E-state index in [9.17, 15) is 9.59 Å². The Balaban J connectivity index is 2.60. The lowest BCUT2D eigenvalue weighted by Crippen LogP contribution is -2.05. The fourth-order valence-corrected chi connectivity index (χ4v) is 1.79. The van der Waals surface area contributed by atoms with Gasteiger partial charge in [-0.25, -0.2) is 4.79 Å². The molecule has 0 unspecified atom stereocenters. The minimum Gasteiger partial charge on any atom is -0.457 e. The second-order valence-corrected chi connectivity index (χ2v) is 4.19. The second-order valence-electron chi connectivity index (χ2n) is 3.08. The van der Waals surface area contributed by atoms with Gasteiger partial charge in [-0.05, 0) is 17.7 Å². The minimum atomic E-state index is -0.445. The molecule has 0 saturated heterocycles. The highest BCUT2D eigenvalue weighted by Crippen LogP contribution is 2.15. The molecule has 1 aromatic rings. The monoisotopic (exact) mass is 248 g/mol. The molecule has 0 aromatic carbocycles. The fraction of sp³-hybridized carbons (Fsp3) is 0.0769. The predicted molar refractivity (Wildman–Crippen MR) is 68.5 cm³/mol. The Bertz CT molecular complexity index is 469. The van der Waals surface area contributed by atoms with Gasteiger partial charge in [-0.3, -0.25) is 4.79 Å². The summed E-state index contributed by atoms with van der Waals surface area (Å²) in [5, 5.41) is 0. The third-order valence-electron chi connectivity index (χ3n) is 1.91. The summed E-state index contributed by atoms with van der Waals surface area (Å²) in [7, 11) is 0. The maximum Gasteiger partial charge on any atom is 0.348 e. The first-order valence-electron chi connectivity index (χ1n) is 4.87. The number of thiophene rings is 1. The predicted octanol–water partition coefficient (Wildman–Crippen LogP) is 3.02. The molecule has 1 aromatic heterocycles. The first-order valence-corrected chi connectivity index (χ1v) is 5.69. The molecule has 0 aliphatic heterocycles. The van der Waals surface area contributed by atoms with E-state index in [1.54, 1.807) is 30.4 Å². The molecule has 0 radical (unpaired) electrons. The van der Waals surface area contributed by atoms with Crippen molar-refractivity contribution in [2.24, 2.45) is 0 Å². The molecule has 0 bridgehead atoms. The quantitative estimate of drug-likeness (QED) is 0.441. The van der Waals surface area contributed by atoms with Crippen LogP contribution in [0.25, 0.3) is 0 Å². The summed E-state index contributed by atoms with van der Waals surface area (Å²) in [6, 6.07) is 3.16. The molecule has 4 heteroatoms. The molecular formula is C13H12O3S. The molecule has 0 saturated carbocycles. The summed E-state index contributed by atoms with van der Waals surface area (Å²) in [6.07, 6.45) is 5.61. The Kier molecular flexibility index (Phi) is 5.10. The SMILES string of the molecule is C=C/C=C(\C=C)COC(=O)c1ccc(C=O)s1. The van der Waals surface area contributed by atoms with E-state index in [4.69, 9.17) is 4.74 Å². The lowest BCUT2D eigenvalue weighted by Gasteiger charge is -2.03. The van der Waals surface area contributed by atoms with Crippen LogP contribution in [0.3, 0.4) is 0 Å². The van der Waals surface area contributed by atoms with E-state index in [-0.39, 0.29) is 6.61 Å². The van der Waals surface area contributed by atoms with Crippen LogP contribution in [0.2, 0.25) is 0 Å². The average Bonchev–Trinajstić information content (AvgIpc) is 2.82. The van der Waals surface area contributed by atoms with Crippen LogP contribution in [0.4, 0.5) is 0 Å². The molecule has 3 nitrogen and oxygen atoms in total. The number of aldehydes is 1. The van der Waals surface area contributed by atoms with E-state index in [1.165, 1.54) is 0 Å². The number of allylic oxidation sites excluding steroid dienone is 2. The van der Waals surface area contributed by atoms with Gasteiger partial charge in [-0.15, -0.1) is 11.3 Å². The smallest absolute Gasteiger partial charge is 0.348 e. The summed E-state index contributed by atoms with van der Waals surface area (Å²) in [6.45, 7) is 7.28. The van der Waals surface area contributed by atoms with Crippen molar-refractivity contribution in [1.82, 2.24) is 0 Å². The highest BCUT2D eigenvalue weighted by Gasteiger charge is 2.10. The van der Waals surface area contributed by atoms with Crippen LogP contribution >= 0.6 is 11.3 Å².